The molecule has 0 aromatic rings. The van der Waals surface area contributed by atoms with Crippen LogP contribution < -0.4 is 0 Å². The zero-order valence-electron chi connectivity index (χ0n) is 48.0. The van der Waals surface area contributed by atoms with Crippen molar-refractivity contribution in [1.82, 2.24) is 9.80 Å². The van der Waals surface area contributed by atoms with Crippen LogP contribution in [0.4, 0.5) is 0 Å². The van der Waals surface area contributed by atoms with Crippen molar-refractivity contribution in [3.05, 3.63) is 47.6 Å². The molecule has 1 spiro atoms. The molecule has 5 heterocycles. The van der Waals surface area contributed by atoms with Gasteiger partial charge in [-0.15, -0.1) is 0 Å². The van der Waals surface area contributed by atoms with Crippen LogP contribution in [-0.4, -0.2) is 184 Å². The van der Waals surface area contributed by atoms with Crippen LogP contribution in [0.25, 0.3) is 0 Å². The summed E-state index contributed by atoms with van der Waals surface area (Å²) in [6, 6.07) is -1.15. The highest BCUT2D eigenvalue weighted by atomic mass is 16.6. The van der Waals surface area contributed by atoms with Gasteiger partial charge in [-0.3, -0.25) is 24.1 Å². The molecular weight excluding hydrogens is 989 g/mol. The molecule has 1 saturated carbocycles. The van der Waals surface area contributed by atoms with Crippen LogP contribution in [0.1, 0.15) is 126 Å². The Morgan fingerprint density at radius 1 is 0.818 bits per heavy atom. The van der Waals surface area contributed by atoms with Gasteiger partial charge in [0, 0.05) is 83.5 Å². The summed E-state index contributed by atoms with van der Waals surface area (Å²) < 4.78 is 47.7. The van der Waals surface area contributed by atoms with Crippen LogP contribution in [0.2, 0.25) is 0 Å². The highest BCUT2D eigenvalue weighted by Crippen LogP contribution is 2.40. The number of allylic oxidation sites excluding steroid dienone is 6. The lowest BCUT2D eigenvalue weighted by molar-refractivity contribution is -0.266. The standard InChI is InChI=1S/C60H94N2O15/c1-38-16-12-11-13-17-39(2)50(75-27-26-70-8)32-46-21-19-44(7)60(69,77-46)56(66)57(67)62-23-15-14-18-47(62)58(68)76-51(33-48(63)40(3)29-43(6)54(65)55(72-10)53(64)42(5)28-38)41(4)30-45-20-22-49(52(31-45)71-9)74-25-24-61-34-59(35-61)36-73-37-59/h11-13,16-17,29,38,40-42,44-47,49-52,54-55,65,69H,14-15,18-28,30-37H2,1-10H3/t38?,40?,41?,42?,44?,45-,46?,47?,49+,50?,51?,52+,54?,55?,60?/m0/s1. The van der Waals surface area contributed by atoms with Gasteiger partial charge in [0.2, 0.25) is 5.79 Å². The van der Waals surface area contributed by atoms with Crippen molar-refractivity contribution in [3.63, 3.8) is 0 Å². The number of methoxy groups -OCH3 is 3. The van der Waals surface area contributed by atoms with Gasteiger partial charge in [0.05, 0.1) is 57.5 Å². The summed E-state index contributed by atoms with van der Waals surface area (Å²) in [6.07, 6.45) is 12.4. The normalized spacial score (nSPS) is 36.3. The zero-order chi connectivity index (χ0) is 56.0. The predicted molar refractivity (Wildman–Crippen MR) is 289 cm³/mol. The van der Waals surface area contributed by atoms with E-state index in [0.29, 0.717) is 62.7 Å². The molecule has 5 fully saturated rings. The Balaban J connectivity index is 1.24. The van der Waals surface area contributed by atoms with Gasteiger partial charge < -0.3 is 53.0 Å². The number of aliphatic hydroxyl groups is 2. The molecule has 2 bridgehead atoms. The Hall–Kier alpha value is -3.49. The van der Waals surface area contributed by atoms with Crippen molar-refractivity contribution < 1.29 is 72.1 Å². The van der Waals surface area contributed by atoms with E-state index in [4.69, 9.17) is 37.9 Å². The Labute approximate surface area is 458 Å². The van der Waals surface area contributed by atoms with Crippen LogP contribution in [0, 0.1) is 40.9 Å². The summed E-state index contributed by atoms with van der Waals surface area (Å²) in [4.78, 5) is 75.5. The molecule has 5 aliphatic heterocycles. The molecule has 15 atom stereocenters. The summed E-state index contributed by atoms with van der Waals surface area (Å²) >= 11 is 0. The van der Waals surface area contributed by atoms with E-state index < -0.39 is 77.8 Å². The molecule has 434 valence electrons. The number of hydrogen-bond acceptors (Lipinski definition) is 16. The Kier molecular flexibility index (Phi) is 23.9. The summed E-state index contributed by atoms with van der Waals surface area (Å²) in [7, 11) is 4.68. The van der Waals surface area contributed by atoms with Gasteiger partial charge in [0.15, 0.2) is 5.78 Å². The number of piperidine rings is 1. The van der Waals surface area contributed by atoms with Crippen LogP contribution in [0.3, 0.4) is 0 Å². The zero-order valence-corrected chi connectivity index (χ0v) is 48.0. The second-order valence-corrected chi connectivity index (χ2v) is 23.8. The summed E-state index contributed by atoms with van der Waals surface area (Å²) in [5, 5.41) is 23.7. The number of rotatable bonds is 13. The SMILES string of the molecule is COCCOC1CC2CCC(C)C(O)(O2)C(=O)C(=O)N2CCCCC2C(=O)OC(C(C)C[C@@H]2CC[C@@H](OCCN3CC4(COC4)C3)[C@H](OC)C2)CC(=O)C(C)C=C(C)C(O)C(OC)C(=O)C(C)CC(C)C=CC=CC=C1C. The van der Waals surface area contributed by atoms with Crippen molar-refractivity contribution in [3.8, 4) is 0 Å². The largest absolute Gasteiger partial charge is 0.460 e. The summed E-state index contributed by atoms with van der Waals surface area (Å²) in [6.45, 7) is 18.8. The number of carbonyl (C=O) groups excluding carboxylic acids is 5. The monoisotopic (exact) mass is 1080 g/mol. The van der Waals surface area contributed by atoms with E-state index in [-0.39, 0.29) is 73.9 Å². The van der Waals surface area contributed by atoms with Crippen LogP contribution in [0.15, 0.2) is 47.6 Å². The molecule has 1 amide bonds. The highest BCUT2D eigenvalue weighted by Gasteiger charge is 2.53. The van der Waals surface area contributed by atoms with Gasteiger partial charge in [0.1, 0.15) is 30.1 Å². The molecule has 0 radical (unpaired) electrons. The van der Waals surface area contributed by atoms with Crippen molar-refractivity contribution in [2.75, 3.05) is 80.5 Å². The van der Waals surface area contributed by atoms with Crippen molar-refractivity contribution in [2.45, 2.75) is 180 Å². The van der Waals surface area contributed by atoms with Gasteiger partial charge in [-0.2, -0.15) is 0 Å². The van der Waals surface area contributed by atoms with Gasteiger partial charge in [-0.1, -0.05) is 71.1 Å². The number of fused-ring (bicyclic) bond motifs is 3. The Morgan fingerprint density at radius 3 is 2.26 bits per heavy atom. The van der Waals surface area contributed by atoms with E-state index in [1.165, 1.54) is 12.0 Å². The average molecular weight is 1080 g/mol. The molecule has 1 aliphatic carbocycles. The number of cyclic esters (lactones) is 1. The van der Waals surface area contributed by atoms with E-state index in [1.807, 2.05) is 58.1 Å². The number of hydrogen-bond donors (Lipinski definition) is 2. The predicted octanol–water partition coefficient (Wildman–Crippen LogP) is 6.55. The first kappa shape index (κ1) is 62.7. The average Bonchev–Trinajstić information content (AvgIpc) is 3.40. The lowest BCUT2D eigenvalue weighted by atomic mass is 9.78. The summed E-state index contributed by atoms with van der Waals surface area (Å²) in [5.41, 5.74) is 1.60. The molecule has 6 aliphatic rings. The minimum absolute atomic E-state index is 0.00447. The first-order valence-corrected chi connectivity index (χ1v) is 28.7. The molecule has 0 aromatic carbocycles. The van der Waals surface area contributed by atoms with Crippen molar-refractivity contribution >= 4 is 29.2 Å². The lowest BCUT2D eigenvalue weighted by Gasteiger charge is -2.55. The van der Waals surface area contributed by atoms with Crippen molar-refractivity contribution in [2.24, 2.45) is 40.9 Å². The van der Waals surface area contributed by atoms with Crippen LogP contribution in [-0.2, 0) is 61.9 Å². The fraction of sp³-hybridized carbons (Fsp3) is 0.783. The number of carbonyl (C=O) groups is 5. The van der Waals surface area contributed by atoms with Crippen molar-refractivity contribution in [1.29, 1.82) is 0 Å². The number of Topliss-reactive ketones (excluding diaryl/α,β-unsaturated/α-hetero) is 3. The fourth-order valence-corrected chi connectivity index (χ4v) is 12.4. The van der Waals surface area contributed by atoms with Gasteiger partial charge >= 0.3 is 5.97 Å². The second-order valence-electron chi connectivity index (χ2n) is 23.8. The molecule has 77 heavy (non-hydrogen) atoms. The fourth-order valence-electron chi connectivity index (χ4n) is 12.4. The highest BCUT2D eigenvalue weighted by molar-refractivity contribution is 6.39. The summed E-state index contributed by atoms with van der Waals surface area (Å²) in [5.74, 6) is -7.92. The molecule has 12 unspecified atom stereocenters. The first-order valence-electron chi connectivity index (χ1n) is 28.7. The van der Waals surface area contributed by atoms with E-state index in [1.54, 1.807) is 41.1 Å². The quantitative estimate of drug-likeness (QED) is 0.0868. The molecule has 4 saturated heterocycles. The third kappa shape index (κ3) is 16.6. The molecule has 0 aromatic heterocycles. The topological polar surface area (TPSA) is 206 Å². The van der Waals surface area contributed by atoms with Gasteiger partial charge in [-0.05, 0) is 107 Å². The van der Waals surface area contributed by atoms with Gasteiger partial charge in [0.25, 0.3) is 11.7 Å². The van der Waals surface area contributed by atoms with E-state index in [9.17, 15) is 34.2 Å². The smallest absolute Gasteiger partial charge is 0.329 e. The Bertz CT molecular complexity index is 2100. The number of esters is 1. The van der Waals surface area contributed by atoms with E-state index in [2.05, 4.69) is 4.90 Å². The Morgan fingerprint density at radius 2 is 1.57 bits per heavy atom. The molecule has 2 N–H and O–H groups in total. The first-order chi connectivity index (χ1) is 36.7. The molecular formula is C60H94N2O15. The minimum atomic E-state index is -2.46. The maximum absolute atomic E-state index is 14.7. The molecule has 6 rings (SSSR count). The number of likely N-dealkylation sites (tertiary alicyclic amines) is 1. The number of nitrogens with zero attached hydrogens (tertiary/aromatic N) is 2. The van der Waals surface area contributed by atoms with E-state index >= 15 is 0 Å². The number of ketones is 3. The molecule has 17 heteroatoms. The minimum Gasteiger partial charge on any atom is -0.460 e. The maximum Gasteiger partial charge on any atom is 0.329 e. The molecule has 17 nitrogen and oxygen atoms in total. The van der Waals surface area contributed by atoms with E-state index in [0.717, 1.165) is 57.7 Å². The number of amides is 1. The second kappa shape index (κ2) is 29.3. The third-order valence-corrected chi connectivity index (χ3v) is 17.4. The van der Waals surface area contributed by atoms with Crippen LogP contribution >= 0.6 is 0 Å². The lowest BCUT2D eigenvalue weighted by Crippen LogP contribution is -2.66. The number of aliphatic hydroxyl groups excluding tert-OH is 1. The number of ether oxygens (including phenoxy) is 8. The van der Waals surface area contributed by atoms with Crippen LogP contribution in [0.5, 0.6) is 0 Å². The maximum atomic E-state index is 14.7. The van der Waals surface area contributed by atoms with Gasteiger partial charge in [-0.25, -0.2) is 4.79 Å². The third-order valence-electron chi connectivity index (χ3n) is 17.4.